The lowest BCUT2D eigenvalue weighted by Crippen LogP contribution is -2.18. The van der Waals surface area contributed by atoms with E-state index in [1.165, 1.54) is 6.21 Å². The molecule has 0 fully saturated rings. The monoisotopic (exact) mass is 328 g/mol. The van der Waals surface area contributed by atoms with Crippen LogP contribution in [0.2, 0.25) is 0 Å². The summed E-state index contributed by atoms with van der Waals surface area (Å²) in [4.78, 5) is 2.41. The maximum atomic E-state index is 12.1. The van der Waals surface area contributed by atoms with Crippen molar-refractivity contribution in [1.82, 2.24) is 4.83 Å². The summed E-state index contributed by atoms with van der Waals surface area (Å²) in [5.74, 6) is 0. The average molecular weight is 328 g/mol. The van der Waals surface area contributed by atoms with E-state index in [4.69, 9.17) is 0 Å². The standard InChI is InChI=1S/C18H20N2O2S/c1-2-7-16-11-13-18(14-12-16)23(21,22)20-19-15-6-10-17-8-4-3-5-9-17/h3-6,8-15,20H,2,7H2,1H3/b10-6+,19-15+. The van der Waals surface area contributed by atoms with Gasteiger partial charge in [-0.2, -0.15) is 13.5 Å². The molecule has 0 bridgehead atoms. The number of sulfonamides is 1. The summed E-state index contributed by atoms with van der Waals surface area (Å²) in [6.45, 7) is 2.09. The van der Waals surface area contributed by atoms with E-state index in [0.29, 0.717) is 0 Å². The lowest BCUT2D eigenvalue weighted by Gasteiger charge is -2.04. The molecule has 0 unspecified atom stereocenters. The fraction of sp³-hybridized carbons (Fsp3) is 0.167. The molecular formula is C18H20N2O2S. The van der Waals surface area contributed by atoms with Crippen molar-refractivity contribution < 1.29 is 8.42 Å². The van der Waals surface area contributed by atoms with Gasteiger partial charge >= 0.3 is 0 Å². The molecule has 0 saturated carbocycles. The van der Waals surface area contributed by atoms with Crippen LogP contribution in [0.25, 0.3) is 6.08 Å². The summed E-state index contributed by atoms with van der Waals surface area (Å²) >= 11 is 0. The Balaban J connectivity index is 1.95. The van der Waals surface area contributed by atoms with Crippen LogP contribution in [0, 0.1) is 0 Å². The summed E-state index contributed by atoms with van der Waals surface area (Å²) in [5, 5.41) is 3.74. The first-order chi connectivity index (χ1) is 11.1. The first-order valence-corrected chi connectivity index (χ1v) is 8.95. The summed E-state index contributed by atoms with van der Waals surface area (Å²) in [6.07, 6.45) is 6.91. The molecule has 2 aromatic rings. The minimum Gasteiger partial charge on any atom is -0.200 e. The Morgan fingerprint density at radius 3 is 2.39 bits per heavy atom. The van der Waals surface area contributed by atoms with Crippen molar-refractivity contribution in [2.75, 3.05) is 0 Å². The van der Waals surface area contributed by atoms with E-state index >= 15 is 0 Å². The molecule has 0 spiro atoms. The van der Waals surface area contributed by atoms with Crippen LogP contribution in [0.3, 0.4) is 0 Å². The zero-order chi connectivity index (χ0) is 16.5. The highest BCUT2D eigenvalue weighted by Crippen LogP contribution is 2.11. The van der Waals surface area contributed by atoms with Gasteiger partial charge in [0.05, 0.1) is 4.90 Å². The fourth-order valence-corrected chi connectivity index (χ4v) is 2.84. The van der Waals surface area contributed by atoms with Crippen molar-refractivity contribution in [3.63, 3.8) is 0 Å². The lowest BCUT2D eigenvalue weighted by atomic mass is 10.1. The van der Waals surface area contributed by atoms with Gasteiger partial charge in [0.1, 0.15) is 0 Å². The Kier molecular flexibility index (Phi) is 6.11. The molecule has 0 aromatic heterocycles. The number of nitrogens with one attached hydrogen (secondary N) is 1. The molecule has 0 amide bonds. The highest BCUT2D eigenvalue weighted by atomic mass is 32.2. The number of aryl methyl sites for hydroxylation is 1. The smallest absolute Gasteiger partial charge is 0.200 e. The molecular weight excluding hydrogens is 308 g/mol. The van der Waals surface area contributed by atoms with Gasteiger partial charge in [0.2, 0.25) is 0 Å². The average Bonchev–Trinajstić information content (AvgIpc) is 2.56. The Morgan fingerprint density at radius 1 is 1.04 bits per heavy atom. The summed E-state index contributed by atoms with van der Waals surface area (Å²) < 4.78 is 24.2. The van der Waals surface area contributed by atoms with Crippen LogP contribution in [0.1, 0.15) is 24.5 Å². The van der Waals surface area contributed by atoms with Crippen LogP contribution in [-0.2, 0) is 16.4 Å². The minimum absolute atomic E-state index is 0.210. The van der Waals surface area contributed by atoms with E-state index in [0.717, 1.165) is 24.0 Å². The second-order valence-corrected chi connectivity index (χ2v) is 6.70. The third-order valence-electron chi connectivity index (χ3n) is 3.19. The van der Waals surface area contributed by atoms with Gasteiger partial charge in [-0.15, -0.1) is 0 Å². The molecule has 1 N–H and O–H groups in total. The van der Waals surface area contributed by atoms with E-state index in [9.17, 15) is 8.42 Å². The predicted molar refractivity (Wildman–Crippen MR) is 94.7 cm³/mol. The summed E-state index contributed by atoms with van der Waals surface area (Å²) in [5.41, 5.74) is 2.15. The van der Waals surface area contributed by atoms with Crippen molar-refractivity contribution >= 4 is 22.3 Å². The predicted octanol–water partition coefficient (Wildman–Crippen LogP) is 3.62. The number of hydrogen-bond acceptors (Lipinski definition) is 3. The van der Waals surface area contributed by atoms with Gasteiger partial charge in [-0.3, -0.25) is 0 Å². The molecule has 0 atom stereocenters. The lowest BCUT2D eigenvalue weighted by molar-refractivity contribution is 0.584. The molecule has 0 aliphatic rings. The van der Waals surface area contributed by atoms with Gasteiger partial charge in [-0.1, -0.05) is 61.9 Å². The second kappa shape index (κ2) is 8.29. The number of allylic oxidation sites excluding steroid dienone is 1. The Bertz CT molecular complexity index is 764. The van der Waals surface area contributed by atoms with Gasteiger partial charge < -0.3 is 0 Å². The van der Waals surface area contributed by atoms with Crippen molar-refractivity contribution in [3.05, 3.63) is 71.8 Å². The minimum atomic E-state index is -3.62. The largest absolute Gasteiger partial charge is 0.276 e. The first-order valence-electron chi connectivity index (χ1n) is 7.47. The molecule has 23 heavy (non-hydrogen) atoms. The van der Waals surface area contributed by atoms with Crippen LogP contribution in [0.15, 0.2) is 70.7 Å². The van der Waals surface area contributed by atoms with Crippen molar-refractivity contribution in [2.24, 2.45) is 5.10 Å². The summed E-state index contributed by atoms with van der Waals surface area (Å²) in [7, 11) is -3.62. The third-order valence-corrected chi connectivity index (χ3v) is 4.43. The maximum Gasteiger partial charge on any atom is 0.276 e. The Hall–Kier alpha value is -2.40. The number of benzene rings is 2. The van der Waals surface area contributed by atoms with Gasteiger partial charge in [-0.25, -0.2) is 4.83 Å². The van der Waals surface area contributed by atoms with Gasteiger partial charge in [-0.05, 0) is 35.8 Å². The van der Waals surface area contributed by atoms with E-state index in [1.54, 1.807) is 18.2 Å². The zero-order valence-electron chi connectivity index (χ0n) is 13.0. The van der Waals surface area contributed by atoms with Crippen molar-refractivity contribution in [2.45, 2.75) is 24.7 Å². The highest BCUT2D eigenvalue weighted by Gasteiger charge is 2.11. The third kappa shape index (κ3) is 5.38. The van der Waals surface area contributed by atoms with Crippen LogP contribution < -0.4 is 4.83 Å². The molecule has 0 radical (unpaired) electrons. The SMILES string of the molecule is CCCc1ccc(S(=O)(=O)N/N=C/C=C/c2ccccc2)cc1. The van der Waals surface area contributed by atoms with E-state index in [-0.39, 0.29) is 4.90 Å². The number of hydrogen-bond donors (Lipinski definition) is 1. The molecule has 120 valence electrons. The van der Waals surface area contributed by atoms with Crippen molar-refractivity contribution in [3.8, 4) is 0 Å². The van der Waals surface area contributed by atoms with E-state index in [2.05, 4.69) is 16.9 Å². The first kappa shape index (κ1) is 17.0. The van der Waals surface area contributed by atoms with E-state index in [1.807, 2.05) is 48.5 Å². The highest BCUT2D eigenvalue weighted by molar-refractivity contribution is 7.89. The van der Waals surface area contributed by atoms with Gasteiger partial charge in [0, 0.05) is 6.21 Å². The molecule has 2 aromatic carbocycles. The summed E-state index contributed by atoms with van der Waals surface area (Å²) in [6, 6.07) is 16.6. The van der Waals surface area contributed by atoms with Crippen LogP contribution in [-0.4, -0.2) is 14.6 Å². The van der Waals surface area contributed by atoms with E-state index < -0.39 is 10.0 Å². The maximum absolute atomic E-state index is 12.1. The van der Waals surface area contributed by atoms with Gasteiger partial charge in [0.25, 0.3) is 10.0 Å². The second-order valence-electron chi connectivity index (χ2n) is 5.04. The van der Waals surface area contributed by atoms with Crippen molar-refractivity contribution in [1.29, 1.82) is 0 Å². The molecule has 0 saturated heterocycles. The Labute approximate surface area is 137 Å². The number of rotatable bonds is 7. The molecule has 0 aliphatic heterocycles. The normalized spacial score (nSPS) is 12.0. The fourth-order valence-electron chi connectivity index (χ4n) is 2.04. The number of hydrazone groups is 1. The molecule has 2 rings (SSSR count). The van der Waals surface area contributed by atoms with Crippen LogP contribution >= 0.6 is 0 Å². The number of nitrogens with zero attached hydrogens (tertiary/aromatic N) is 1. The molecule has 4 nitrogen and oxygen atoms in total. The quantitative estimate of drug-likeness (QED) is 0.623. The molecule has 5 heteroatoms. The van der Waals surface area contributed by atoms with Crippen LogP contribution in [0.5, 0.6) is 0 Å². The van der Waals surface area contributed by atoms with Crippen LogP contribution in [0.4, 0.5) is 0 Å². The van der Waals surface area contributed by atoms with Gasteiger partial charge in [0.15, 0.2) is 0 Å². The molecule has 0 heterocycles. The topological polar surface area (TPSA) is 58.5 Å². The Morgan fingerprint density at radius 2 is 1.74 bits per heavy atom. The zero-order valence-corrected chi connectivity index (χ0v) is 13.8. The molecule has 0 aliphatic carbocycles.